The maximum absolute atomic E-state index is 2.58. The van der Waals surface area contributed by atoms with Gasteiger partial charge in [-0.1, -0.05) is 32.8 Å². The smallest absolute Gasteiger partial charge is 0.0210 e. The van der Waals surface area contributed by atoms with Gasteiger partial charge >= 0.3 is 0 Å². The fraction of sp³-hybridized carbons (Fsp3) is 0.833. The van der Waals surface area contributed by atoms with Crippen molar-refractivity contribution < 1.29 is 0 Å². The zero-order valence-electron chi connectivity index (χ0n) is 9.18. The third kappa shape index (κ3) is 3.41. The summed E-state index contributed by atoms with van der Waals surface area (Å²) in [6, 6.07) is 0. The molecule has 13 heavy (non-hydrogen) atoms. The van der Waals surface area contributed by atoms with Crippen LogP contribution in [0.4, 0.5) is 0 Å². The monoisotopic (exact) mass is 181 g/mol. The second-order valence-corrected chi connectivity index (χ2v) is 3.93. The maximum atomic E-state index is 2.58. The zero-order valence-corrected chi connectivity index (χ0v) is 9.18. The van der Waals surface area contributed by atoms with Crippen LogP contribution in [0, 0.1) is 0 Å². The van der Waals surface area contributed by atoms with Crippen molar-refractivity contribution in [1.82, 2.24) is 4.90 Å². The van der Waals surface area contributed by atoms with Gasteiger partial charge in [-0.05, 0) is 25.7 Å². The van der Waals surface area contributed by atoms with Gasteiger partial charge in [-0.3, -0.25) is 0 Å². The number of hydrogen-bond donors (Lipinski definition) is 0. The molecule has 0 fully saturated rings. The second-order valence-electron chi connectivity index (χ2n) is 3.93. The van der Waals surface area contributed by atoms with E-state index >= 15 is 0 Å². The summed E-state index contributed by atoms with van der Waals surface area (Å²) in [5, 5.41) is 0. The predicted octanol–water partition coefficient (Wildman–Crippen LogP) is 3.57. The standard InChI is InChI=1S/C12H23N/c1-3-5-8-12-9-7-11-13(12)10-6-4-2/h9H,3-8,10-11H2,1-2H3. The Labute approximate surface area is 82.8 Å². The first kappa shape index (κ1) is 10.6. The van der Waals surface area contributed by atoms with Crippen LogP contribution in [0.15, 0.2) is 11.8 Å². The van der Waals surface area contributed by atoms with Crippen LogP contribution in [-0.4, -0.2) is 18.0 Å². The van der Waals surface area contributed by atoms with Crippen molar-refractivity contribution in [1.29, 1.82) is 0 Å². The highest BCUT2D eigenvalue weighted by Crippen LogP contribution is 2.20. The molecule has 1 heterocycles. The molecular weight excluding hydrogens is 158 g/mol. The zero-order chi connectivity index (χ0) is 9.52. The molecule has 1 rings (SSSR count). The second kappa shape index (κ2) is 6.06. The Morgan fingerprint density at radius 2 is 2.00 bits per heavy atom. The minimum atomic E-state index is 1.28. The lowest BCUT2D eigenvalue weighted by atomic mass is 10.2. The lowest BCUT2D eigenvalue weighted by Gasteiger charge is -2.22. The normalized spacial score (nSPS) is 16.5. The first-order valence-corrected chi connectivity index (χ1v) is 5.82. The molecule has 0 saturated heterocycles. The summed E-state index contributed by atoms with van der Waals surface area (Å²) < 4.78 is 0. The number of unbranched alkanes of at least 4 members (excludes halogenated alkanes) is 2. The highest BCUT2D eigenvalue weighted by atomic mass is 15.1. The number of nitrogens with zero attached hydrogens (tertiary/aromatic N) is 1. The molecule has 0 unspecified atom stereocenters. The van der Waals surface area contributed by atoms with Crippen LogP contribution in [0.5, 0.6) is 0 Å². The van der Waals surface area contributed by atoms with Crippen molar-refractivity contribution in [2.24, 2.45) is 0 Å². The van der Waals surface area contributed by atoms with Gasteiger partial charge in [0, 0.05) is 18.8 Å². The van der Waals surface area contributed by atoms with Crippen molar-refractivity contribution >= 4 is 0 Å². The average molecular weight is 181 g/mol. The van der Waals surface area contributed by atoms with E-state index in [1.165, 1.54) is 51.6 Å². The van der Waals surface area contributed by atoms with Crippen LogP contribution in [0.3, 0.4) is 0 Å². The Hall–Kier alpha value is -0.460. The van der Waals surface area contributed by atoms with E-state index in [9.17, 15) is 0 Å². The molecule has 0 radical (unpaired) electrons. The Bertz CT molecular complexity index is 161. The Morgan fingerprint density at radius 3 is 2.69 bits per heavy atom. The molecule has 1 heteroatoms. The van der Waals surface area contributed by atoms with E-state index in [0.29, 0.717) is 0 Å². The van der Waals surface area contributed by atoms with Gasteiger partial charge in [0.05, 0.1) is 0 Å². The number of rotatable bonds is 6. The van der Waals surface area contributed by atoms with Crippen LogP contribution in [0.1, 0.15) is 52.4 Å². The van der Waals surface area contributed by atoms with Crippen LogP contribution >= 0.6 is 0 Å². The quantitative estimate of drug-likeness (QED) is 0.605. The SMILES string of the molecule is CCCCC1=CCCN1CCCC. The predicted molar refractivity (Wildman–Crippen MR) is 58.7 cm³/mol. The summed E-state index contributed by atoms with van der Waals surface area (Å²) in [7, 11) is 0. The molecule has 1 aliphatic rings. The van der Waals surface area contributed by atoms with Gasteiger partial charge < -0.3 is 4.90 Å². The van der Waals surface area contributed by atoms with Crippen molar-refractivity contribution in [2.45, 2.75) is 52.4 Å². The van der Waals surface area contributed by atoms with Gasteiger partial charge in [0.25, 0.3) is 0 Å². The molecule has 1 aliphatic heterocycles. The Morgan fingerprint density at radius 1 is 1.23 bits per heavy atom. The van der Waals surface area contributed by atoms with E-state index in [0.717, 1.165) is 0 Å². The lowest BCUT2D eigenvalue weighted by Crippen LogP contribution is -2.20. The van der Waals surface area contributed by atoms with Gasteiger partial charge in [0.15, 0.2) is 0 Å². The van der Waals surface area contributed by atoms with E-state index in [4.69, 9.17) is 0 Å². The summed E-state index contributed by atoms with van der Waals surface area (Å²) in [6.07, 6.45) is 10.4. The minimum Gasteiger partial charge on any atom is -0.375 e. The highest BCUT2D eigenvalue weighted by molar-refractivity contribution is 5.07. The summed E-state index contributed by atoms with van der Waals surface area (Å²) in [6.45, 7) is 7.10. The molecular formula is C12H23N. The molecule has 76 valence electrons. The first-order valence-electron chi connectivity index (χ1n) is 5.82. The third-order valence-corrected chi connectivity index (χ3v) is 2.75. The molecule has 0 N–H and O–H groups in total. The van der Waals surface area contributed by atoms with Crippen LogP contribution < -0.4 is 0 Å². The summed E-state index contributed by atoms with van der Waals surface area (Å²) in [5.74, 6) is 0. The molecule has 0 saturated carbocycles. The molecule has 0 aromatic carbocycles. The van der Waals surface area contributed by atoms with E-state index in [-0.39, 0.29) is 0 Å². The summed E-state index contributed by atoms with van der Waals surface area (Å²) >= 11 is 0. The molecule has 0 aliphatic carbocycles. The van der Waals surface area contributed by atoms with Crippen LogP contribution in [0.2, 0.25) is 0 Å². The first-order chi connectivity index (χ1) is 6.38. The lowest BCUT2D eigenvalue weighted by molar-refractivity contribution is 0.353. The summed E-state index contributed by atoms with van der Waals surface area (Å²) in [5.41, 5.74) is 1.62. The van der Waals surface area contributed by atoms with Crippen molar-refractivity contribution in [3.05, 3.63) is 11.8 Å². The van der Waals surface area contributed by atoms with Crippen LogP contribution in [0.25, 0.3) is 0 Å². The largest absolute Gasteiger partial charge is 0.375 e. The van der Waals surface area contributed by atoms with Crippen molar-refractivity contribution in [3.8, 4) is 0 Å². The van der Waals surface area contributed by atoms with E-state index in [1.807, 2.05) is 0 Å². The fourth-order valence-electron chi connectivity index (χ4n) is 1.88. The van der Waals surface area contributed by atoms with Gasteiger partial charge in [-0.25, -0.2) is 0 Å². The molecule has 0 bridgehead atoms. The van der Waals surface area contributed by atoms with E-state index < -0.39 is 0 Å². The Kier molecular flexibility index (Phi) is 4.95. The van der Waals surface area contributed by atoms with Crippen LogP contribution in [-0.2, 0) is 0 Å². The topological polar surface area (TPSA) is 3.24 Å². The fourth-order valence-corrected chi connectivity index (χ4v) is 1.88. The summed E-state index contributed by atoms with van der Waals surface area (Å²) in [4.78, 5) is 2.58. The third-order valence-electron chi connectivity index (χ3n) is 2.75. The maximum Gasteiger partial charge on any atom is 0.0210 e. The average Bonchev–Trinajstić information content (AvgIpc) is 2.59. The van der Waals surface area contributed by atoms with E-state index in [1.54, 1.807) is 5.70 Å². The number of hydrogen-bond acceptors (Lipinski definition) is 1. The molecule has 0 amide bonds. The van der Waals surface area contributed by atoms with Gasteiger partial charge in [-0.2, -0.15) is 0 Å². The van der Waals surface area contributed by atoms with E-state index in [2.05, 4.69) is 24.8 Å². The molecule has 0 atom stereocenters. The van der Waals surface area contributed by atoms with Crippen molar-refractivity contribution in [2.75, 3.05) is 13.1 Å². The molecule has 0 aromatic heterocycles. The van der Waals surface area contributed by atoms with Gasteiger partial charge in [0.1, 0.15) is 0 Å². The minimum absolute atomic E-state index is 1.28. The highest BCUT2D eigenvalue weighted by Gasteiger charge is 2.12. The van der Waals surface area contributed by atoms with Gasteiger partial charge in [-0.15, -0.1) is 0 Å². The molecule has 0 aromatic rings. The Balaban J connectivity index is 2.25. The number of allylic oxidation sites excluding steroid dienone is 1. The molecule has 0 spiro atoms. The molecule has 1 nitrogen and oxygen atoms in total. The van der Waals surface area contributed by atoms with Gasteiger partial charge in [0.2, 0.25) is 0 Å². The van der Waals surface area contributed by atoms with Crippen molar-refractivity contribution in [3.63, 3.8) is 0 Å².